The molecule has 0 spiro atoms. The molecule has 0 unspecified atom stereocenters. The molecule has 4 heteroatoms. The van der Waals surface area contributed by atoms with E-state index in [0.29, 0.717) is 16.7 Å². The fourth-order valence-corrected chi connectivity index (χ4v) is 11.2. The molecule has 0 heterocycles. The van der Waals surface area contributed by atoms with Crippen LogP contribution in [-0.2, 0) is 0 Å². The van der Waals surface area contributed by atoms with Crippen LogP contribution in [0.1, 0.15) is 16.7 Å². The van der Waals surface area contributed by atoms with Crippen molar-refractivity contribution in [1.29, 1.82) is 15.8 Å². The van der Waals surface area contributed by atoms with Gasteiger partial charge in [0.2, 0.25) is 0 Å². The van der Waals surface area contributed by atoms with Crippen LogP contribution in [0.25, 0.3) is 0 Å². The Bertz CT molecular complexity index is 863. The van der Waals surface area contributed by atoms with Crippen LogP contribution in [0.3, 0.4) is 0 Å². The van der Waals surface area contributed by atoms with Gasteiger partial charge in [-0.15, -0.1) is 0 Å². The summed E-state index contributed by atoms with van der Waals surface area (Å²) in [5.74, 6) is 0. The standard InChI is InChI=1S/3C7H4N.Bi/c3*8-6-7-4-2-1-3-5-7;/h3*2-5H;. The van der Waals surface area contributed by atoms with Gasteiger partial charge < -0.3 is 0 Å². The minimum atomic E-state index is -2.52. The number of hydrogen-bond acceptors (Lipinski definition) is 3. The van der Waals surface area contributed by atoms with Crippen molar-refractivity contribution >= 4 is 31.6 Å². The molecule has 0 aromatic heterocycles. The maximum atomic E-state index is 9.02. The summed E-state index contributed by atoms with van der Waals surface area (Å²) in [6, 6.07) is 29.8. The third-order valence-electron chi connectivity index (χ3n) is 3.76. The van der Waals surface area contributed by atoms with Crippen LogP contribution in [0.2, 0.25) is 0 Å². The number of hydrogen-bond donors (Lipinski definition) is 0. The van der Waals surface area contributed by atoms with Gasteiger partial charge in [0.05, 0.1) is 0 Å². The summed E-state index contributed by atoms with van der Waals surface area (Å²) in [6.45, 7) is 0. The first-order chi connectivity index (χ1) is 12.2. The minimum absolute atomic E-state index is 0.646. The molecule has 0 N–H and O–H groups in total. The summed E-state index contributed by atoms with van der Waals surface area (Å²) in [4.78, 5) is 0. The second kappa shape index (κ2) is 7.72. The molecule has 3 nitrogen and oxygen atoms in total. The molecule has 3 aromatic rings. The molecule has 0 bridgehead atoms. The third-order valence-corrected chi connectivity index (χ3v) is 13.3. The molecule has 0 radical (unpaired) electrons. The zero-order chi connectivity index (χ0) is 17.6. The van der Waals surface area contributed by atoms with Gasteiger partial charge in [-0.05, 0) is 0 Å². The molecular weight excluding hydrogens is 503 g/mol. The molecule has 0 fully saturated rings. The molecule has 0 aliphatic carbocycles. The van der Waals surface area contributed by atoms with Crippen molar-refractivity contribution in [3.63, 3.8) is 0 Å². The summed E-state index contributed by atoms with van der Waals surface area (Å²) in [6.07, 6.45) is 0. The van der Waals surface area contributed by atoms with Crippen molar-refractivity contribution in [2.24, 2.45) is 0 Å². The van der Waals surface area contributed by atoms with E-state index in [1.807, 2.05) is 72.8 Å². The van der Waals surface area contributed by atoms with Crippen molar-refractivity contribution in [3.8, 4) is 18.2 Å². The van der Waals surface area contributed by atoms with E-state index in [9.17, 15) is 0 Å². The van der Waals surface area contributed by atoms with Gasteiger partial charge in [-0.25, -0.2) is 0 Å². The summed E-state index contributed by atoms with van der Waals surface area (Å²) in [5, 5.41) is 27.1. The van der Waals surface area contributed by atoms with Gasteiger partial charge in [0.1, 0.15) is 0 Å². The predicted molar refractivity (Wildman–Crippen MR) is 98.1 cm³/mol. The Hall–Kier alpha value is -2.99. The van der Waals surface area contributed by atoms with Crippen LogP contribution < -0.4 is 9.81 Å². The van der Waals surface area contributed by atoms with Crippen LogP contribution in [0.5, 0.6) is 0 Å². The predicted octanol–water partition coefficient (Wildman–Crippen LogP) is 1.82. The van der Waals surface area contributed by atoms with Gasteiger partial charge in [-0.1, -0.05) is 0 Å². The number of benzene rings is 3. The van der Waals surface area contributed by atoms with E-state index in [1.54, 1.807) is 0 Å². The van der Waals surface area contributed by atoms with Gasteiger partial charge in [0.15, 0.2) is 0 Å². The molecule has 0 aliphatic heterocycles. The van der Waals surface area contributed by atoms with Gasteiger partial charge >= 0.3 is 155 Å². The van der Waals surface area contributed by atoms with Crippen molar-refractivity contribution < 1.29 is 0 Å². The molecule has 3 rings (SSSR count). The van der Waals surface area contributed by atoms with Crippen molar-refractivity contribution in [2.75, 3.05) is 0 Å². The second-order valence-electron chi connectivity index (χ2n) is 5.31. The molecular formula is C21H12BiN3. The molecule has 0 saturated heterocycles. The van der Waals surface area contributed by atoms with Crippen molar-refractivity contribution in [3.05, 3.63) is 89.5 Å². The summed E-state index contributed by atoms with van der Waals surface area (Å²) < 4.78 is 3.76. The Labute approximate surface area is 154 Å². The summed E-state index contributed by atoms with van der Waals surface area (Å²) in [5.41, 5.74) is 1.94. The van der Waals surface area contributed by atoms with E-state index in [0.717, 1.165) is 0 Å². The fourth-order valence-electron chi connectivity index (χ4n) is 2.50. The van der Waals surface area contributed by atoms with E-state index in [2.05, 4.69) is 18.2 Å². The van der Waals surface area contributed by atoms with Crippen molar-refractivity contribution in [2.45, 2.75) is 0 Å². The zero-order valence-corrected chi connectivity index (χ0v) is 16.7. The first kappa shape index (κ1) is 16.9. The fraction of sp³-hybridized carbons (Fsp3) is 0. The van der Waals surface area contributed by atoms with Gasteiger partial charge in [-0.2, -0.15) is 0 Å². The van der Waals surface area contributed by atoms with Crippen LogP contribution in [0.15, 0.2) is 72.8 Å². The Kier molecular flexibility index (Phi) is 5.21. The first-order valence-corrected chi connectivity index (χ1v) is 12.8. The molecule has 0 amide bonds. The van der Waals surface area contributed by atoms with Gasteiger partial charge in [0.25, 0.3) is 0 Å². The molecule has 0 atom stereocenters. The SMILES string of the molecule is N#Cc1cc[c]([Bi]([c]2ccc(C#N)cc2)[c]2ccc(C#N)cc2)cc1. The second-order valence-corrected chi connectivity index (χ2v) is 13.9. The monoisotopic (exact) mass is 515 g/mol. The molecule has 116 valence electrons. The van der Waals surface area contributed by atoms with Crippen molar-refractivity contribution in [1.82, 2.24) is 0 Å². The molecule has 25 heavy (non-hydrogen) atoms. The normalized spacial score (nSPS) is 9.84. The van der Waals surface area contributed by atoms with Crippen LogP contribution in [0.4, 0.5) is 0 Å². The first-order valence-electron chi connectivity index (χ1n) is 7.56. The molecule has 0 saturated carbocycles. The maximum absolute atomic E-state index is 9.02. The van der Waals surface area contributed by atoms with E-state index < -0.39 is 21.8 Å². The van der Waals surface area contributed by atoms with E-state index in [-0.39, 0.29) is 0 Å². The molecule has 0 aliphatic rings. The topological polar surface area (TPSA) is 71.4 Å². The van der Waals surface area contributed by atoms with Gasteiger partial charge in [-0.3, -0.25) is 0 Å². The van der Waals surface area contributed by atoms with Crippen LogP contribution in [0, 0.1) is 34.0 Å². The number of nitriles is 3. The average Bonchev–Trinajstić information content (AvgIpc) is 2.70. The molecule has 3 aromatic carbocycles. The summed E-state index contributed by atoms with van der Waals surface area (Å²) >= 11 is -2.52. The summed E-state index contributed by atoms with van der Waals surface area (Å²) in [7, 11) is 0. The Balaban J connectivity index is 2.10. The van der Waals surface area contributed by atoms with E-state index >= 15 is 0 Å². The van der Waals surface area contributed by atoms with Gasteiger partial charge in [0, 0.05) is 0 Å². The Morgan fingerprint density at radius 1 is 0.440 bits per heavy atom. The zero-order valence-electron chi connectivity index (χ0n) is 13.2. The number of nitrogens with zero attached hydrogens (tertiary/aromatic N) is 3. The van der Waals surface area contributed by atoms with E-state index in [4.69, 9.17) is 15.8 Å². The Morgan fingerprint density at radius 2 is 0.680 bits per heavy atom. The van der Waals surface area contributed by atoms with Crippen LogP contribution in [-0.4, -0.2) is 21.8 Å². The Morgan fingerprint density at radius 3 is 0.880 bits per heavy atom. The van der Waals surface area contributed by atoms with Crippen LogP contribution >= 0.6 is 0 Å². The van der Waals surface area contributed by atoms with E-state index in [1.165, 1.54) is 9.81 Å². The third kappa shape index (κ3) is 3.75. The number of rotatable bonds is 3. The quantitative estimate of drug-likeness (QED) is 0.500. The average molecular weight is 515 g/mol.